The normalized spacial score (nSPS) is 12.2. The van der Waals surface area contributed by atoms with Gasteiger partial charge in [0.1, 0.15) is 11.0 Å². The standard InChI is InChI=1S/C11H15N3/c1-11(2,3)14-9-7-5-4-6-8(9)13-10(14)12/h4-7H,1-3H3,(H2,12,13)/p+1. The maximum Gasteiger partial charge on any atom is 0.354 e. The minimum atomic E-state index is 0.00366. The molecule has 14 heavy (non-hydrogen) atoms. The number of nitrogen functional groups attached to an aromatic ring is 1. The Labute approximate surface area is 83.6 Å². The lowest BCUT2D eigenvalue weighted by Gasteiger charge is -2.17. The van der Waals surface area contributed by atoms with Crippen LogP contribution in [0.5, 0.6) is 0 Å². The zero-order chi connectivity index (χ0) is 10.3. The Kier molecular flexibility index (Phi) is 1.77. The summed E-state index contributed by atoms with van der Waals surface area (Å²) in [4.78, 5) is 3.17. The van der Waals surface area contributed by atoms with E-state index in [4.69, 9.17) is 5.73 Å². The Bertz CT molecular complexity index is 463. The maximum atomic E-state index is 5.95. The number of imidazole rings is 1. The number of hydrogen-bond acceptors (Lipinski definition) is 1. The third kappa shape index (κ3) is 1.25. The van der Waals surface area contributed by atoms with E-state index in [1.54, 1.807) is 0 Å². The van der Waals surface area contributed by atoms with E-state index in [9.17, 15) is 0 Å². The summed E-state index contributed by atoms with van der Waals surface area (Å²) in [5.41, 5.74) is 8.18. The fraction of sp³-hybridized carbons (Fsp3) is 0.364. The third-order valence-corrected chi connectivity index (χ3v) is 2.32. The summed E-state index contributed by atoms with van der Waals surface area (Å²) in [5, 5.41) is 0. The molecule has 0 saturated carbocycles. The SMILES string of the molecule is CC(C)(C)[n+]1c(N)[nH]c2ccccc21. The van der Waals surface area contributed by atoms with Gasteiger partial charge in [-0.2, -0.15) is 0 Å². The zero-order valence-electron chi connectivity index (χ0n) is 8.83. The first-order valence-electron chi connectivity index (χ1n) is 4.79. The van der Waals surface area contributed by atoms with Crippen molar-refractivity contribution in [1.29, 1.82) is 0 Å². The number of hydrogen-bond donors (Lipinski definition) is 2. The van der Waals surface area contributed by atoms with Crippen molar-refractivity contribution in [3.8, 4) is 0 Å². The number of H-pyrrole nitrogens is 1. The number of anilines is 1. The van der Waals surface area contributed by atoms with Crippen molar-refractivity contribution < 1.29 is 4.57 Å². The molecule has 0 aliphatic rings. The van der Waals surface area contributed by atoms with E-state index in [2.05, 4.69) is 36.4 Å². The van der Waals surface area contributed by atoms with Crippen LogP contribution in [-0.4, -0.2) is 4.98 Å². The predicted octanol–water partition coefficient (Wildman–Crippen LogP) is 1.79. The molecule has 3 N–H and O–H groups in total. The summed E-state index contributed by atoms with van der Waals surface area (Å²) in [6.07, 6.45) is 0. The topological polar surface area (TPSA) is 45.7 Å². The molecule has 1 heterocycles. The molecule has 2 rings (SSSR count). The Morgan fingerprint density at radius 1 is 1.21 bits per heavy atom. The van der Waals surface area contributed by atoms with E-state index in [1.807, 2.05) is 18.2 Å². The number of benzene rings is 1. The molecule has 0 saturated heterocycles. The van der Waals surface area contributed by atoms with Crippen LogP contribution in [-0.2, 0) is 5.54 Å². The van der Waals surface area contributed by atoms with Crippen molar-refractivity contribution in [3.63, 3.8) is 0 Å². The molecule has 2 aromatic rings. The molecule has 0 aliphatic carbocycles. The molecular formula is C11H16N3+. The van der Waals surface area contributed by atoms with E-state index >= 15 is 0 Å². The first-order valence-corrected chi connectivity index (χ1v) is 4.79. The van der Waals surface area contributed by atoms with Gasteiger partial charge in [-0.1, -0.05) is 12.1 Å². The average Bonchev–Trinajstić information content (AvgIpc) is 2.38. The summed E-state index contributed by atoms with van der Waals surface area (Å²) < 4.78 is 2.11. The summed E-state index contributed by atoms with van der Waals surface area (Å²) in [6, 6.07) is 8.14. The van der Waals surface area contributed by atoms with Crippen LogP contribution in [0.3, 0.4) is 0 Å². The number of nitrogens with two attached hydrogens (primary N) is 1. The Morgan fingerprint density at radius 3 is 2.50 bits per heavy atom. The van der Waals surface area contributed by atoms with E-state index < -0.39 is 0 Å². The Hall–Kier alpha value is -1.51. The van der Waals surface area contributed by atoms with Gasteiger partial charge in [0.25, 0.3) is 0 Å². The van der Waals surface area contributed by atoms with E-state index in [0.717, 1.165) is 11.0 Å². The largest absolute Gasteiger partial charge is 0.354 e. The highest BCUT2D eigenvalue weighted by molar-refractivity contribution is 5.72. The van der Waals surface area contributed by atoms with Crippen molar-refractivity contribution in [1.82, 2.24) is 4.98 Å². The van der Waals surface area contributed by atoms with Crippen LogP contribution >= 0.6 is 0 Å². The minimum absolute atomic E-state index is 0.00366. The van der Waals surface area contributed by atoms with Gasteiger partial charge in [-0.25, -0.2) is 9.55 Å². The summed E-state index contributed by atoms with van der Waals surface area (Å²) in [5.74, 6) is 0.707. The van der Waals surface area contributed by atoms with Gasteiger partial charge >= 0.3 is 5.95 Å². The zero-order valence-corrected chi connectivity index (χ0v) is 8.83. The molecule has 0 radical (unpaired) electrons. The molecule has 1 aromatic heterocycles. The van der Waals surface area contributed by atoms with Crippen molar-refractivity contribution in [2.75, 3.05) is 5.73 Å². The number of rotatable bonds is 0. The molecule has 0 fully saturated rings. The lowest BCUT2D eigenvalue weighted by atomic mass is 10.1. The molecule has 0 aliphatic heterocycles. The molecule has 3 heteroatoms. The van der Waals surface area contributed by atoms with Gasteiger partial charge < -0.3 is 0 Å². The molecule has 0 unspecified atom stereocenters. The highest BCUT2D eigenvalue weighted by Crippen LogP contribution is 2.15. The van der Waals surface area contributed by atoms with E-state index in [-0.39, 0.29) is 5.54 Å². The van der Waals surface area contributed by atoms with Gasteiger partial charge in [-0.15, -0.1) is 0 Å². The monoisotopic (exact) mass is 190 g/mol. The smallest absolute Gasteiger partial charge is 0.290 e. The number of para-hydroxylation sites is 2. The van der Waals surface area contributed by atoms with Crippen LogP contribution in [0.4, 0.5) is 5.95 Å². The predicted molar refractivity (Wildman–Crippen MR) is 57.9 cm³/mol. The van der Waals surface area contributed by atoms with Crippen LogP contribution in [0.25, 0.3) is 11.0 Å². The molecule has 0 atom stereocenters. The highest BCUT2D eigenvalue weighted by Gasteiger charge is 2.24. The van der Waals surface area contributed by atoms with Gasteiger partial charge in [0.05, 0.1) is 5.54 Å². The van der Waals surface area contributed by atoms with Crippen LogP contribution in [0, 0.1) is 0 Å². The van der Waals surface area contributed by atoms with Crippen LogP contribution in [0.15, 0.2) is 24.3 Å². The molecule has 1 aromatic carbocycles. The van der Waals surface area contributed by atoms with Crippen LogP contribution < -0.4 is 10.3 Å². The Morgan fingerprint density at radius 2 is 1.86 bits per heavy atom. The van der Waals surface area contributed by atoms with E-state index in [1.165, 1.54) is 0 Å². The lowest BCUT2D eigenvalue weighted by Crippen LogP contribution is -2.51. The fourth-order valence-electron chi connectivity index (χ4n) is 1.82. The van der Waals surface area contributed by atoms with Gasteiger partial charge in [0.2, 0.25) is 0 Å². The van der Waals surface area contributed by atoms with Crippen molar-refractivity contribution in [3.05, 3.63) is 24.3 Å². The molecular weight excluding hydrogens is 174 g/mol. The first-order chi connectivity index (χ1) is 6.50. The first kappa shape index (κ1) is 9.06. The molecule has 74 valence electrons. The summed E-state index contributed by atoms with van der Waals surface area (Å²) >= 11 is 0. The van der Waals surface area contributed by atoms with Gasteiger partial charge in [0.15, 0.2) is 0 Å². The third-order valence-electron chi connectivity index (χ3n) is 2.32. The fourth-order valence-corrected chi connectivity index (χ4v) is 1.82. The number of aromatic amines is 1. The summed E-state index contributed by atoms with van der Waals surface area (Å²) in [7, 11) is 0. The number of fused-ring (bicyclic) bond motifs is 1. The minimum Gasteiger partial charge on any atom is -0.290 e. The second-order valence-electron chi connectivity index (χ2n) is 4.53. The molecule has 3 nitrogen and oxygen atoms in total. The molecule has 0 bridgehead atoms. The number of nitrogens with zero attached hydrogens (tertiary/aromatic N) is 1. The molecule has 0 spiro atoms. The van der Waals surface area contributed by atoms with Crippen molar-refractivity contribution in [2.45, 2.75) is 26.3 Å². The average molecular weight is 190 g/mol. The second-order valence-corrected chi connectivity index (χ2v) is 4.53. The Balaban J connectivity index is 2.81. The quantitative estimate of drug-likeness (QED) is 0.611. The van der Waals surface area contributed by atoms with Gasteiger partial charge in [0, 0.05) is 0 Å². The highest BCUT2D eigenvalue weighted by atomic mass is 15.2. The van der Waals surface area contributed by atoms with E-state index in [0.29, 0.717) is 5.95 Å². The molecule has 0 amide bonds. The van der Waals surface area contributed by atoms with Crippen LogP contribution in [0.1, 0.15) is 20.8 Å². The van der Waals surface area contributed by atoms with Gasteiger partial charge in [-0.3, -0.25) is 5.73 Å². The van der Waals surface area contributed by atoms with Crippen LogP contribution in [0.2, 0.25) is 0 Å². The summed E-state index contributed by atoms with van der Waals surface area (Å²) in [6.45, 7) is 6.43. The van der Waals surface area contributed by atoms with Crippen molar-refractivity contribution >= 4 is 17.0 Å². The maximum absolute atomic E-state index is 5.95. The number of nitrogens with one attached hydrogen (secondary N) is 1. The van der Waals surface area contributed by atoms with Crippen molar-refractivity contribution in [2.24, 2.45) is 0 Å². The number of aromatic nitrogens is 2. The second kappa shape index (κ2) is 2.74. The lowest BCUT2D eigenvalue weighted by molar-refractivity contribution is -0.717. The van der Waals surface area contributed by atoms with Gasteiger partial charge in [-0.05, 0) is 32.9 Å².